The van der Waals surface area contributed by atoms with E-state index in [0.29, 0.717) is 21.3 Å². The molecule has 0 radical (unpaired) electrons. The van der Waals surface area contributed by atoms with Crippen molar-refractivity contribution in [2.75, 3.05) is 17.2 Å². The standard InChI is InChI=1S/C16H14Cl2N2O2/c1-10(21)11-5-7-12(8-6-11)19-9-15(22)20-14-4-2-3-13(17)16(14)18/h2-8,19H,9H2,1H3,(H,20,22). The molecule has 2 aromatic rings. The number of hydrogen-bond acceptors (Lipinski definition) is 3. The second-order valence-electron chi connectivity index (χ2n) is 4.64. The number of ketones is 1. The van der Waals surface area contributed by atoms with Crippen LogP contribution in [0, 0.1) is 0 Å². The Balaban J connectivity index is 1.92. The number of halogens is 2. The van der Waals surface area contributed by atoms with Gasteiger partial charge in [-0.2, -0.15) is 0 Å². The van der Waals surface area contributed by atoms with Crippen LogP contribution in [-0.4, -0.2) is 18.2 Å². The molecule has 0 aliphatic rings. The highest BCUT2D eigenvalue weighted by Crippen LogP contribution is 2.29. The number of benzene rings is 2. The number of nitrogens with one attached hydrogen (secondary N) is 2. The molecule has 22 heavy (non-hydrogen) atoms. The fourth-order valence-corrected chi connectivity index (χ4v) is 2.15. The van der Waals surface area contributed by atoms with Gasteiger partial charge in [0.05, 0.1) is 22.3 Å². The molecule has 0 spiro atoms. The number of rotatable bonds is 5. The van der Waals surface area contributed by atoms with E-state index in [2.05, 4.69) is 10.6 Å². The number of hydrogen-bond donors (Lipinski definition) is 2. The van der Waals surface area contributed by atoms with Crippen molar-refractivity contribution >= 4 is 46.3 Å². The van der Waals surface area contributed by atoms with Gasteiger partial charge in [0.2, 0.25) is 5.91 Å². The van der Waals surface area contributed by atoms with Gasteiger partial charge in [-0.15, -0.1) is 0 Å². The van der Waals surface area contributed by atoms with Gasteiger partial charge in [-0.3, -0.25) is 9.59 Å². The Morgan fingerprint density at radius 2 is 1.73 bits per heavy atom. The molecule has 2 aromatic carbocycles. The molecule has 1 amide bonds. The van der Waals surface area contributed by atoms with E-state index in [4.69, 9.17) is 23.2 Å². The van der Waals surface area contributed by atoms with E-state index in [0.717, 1.165) is 5.69 Å². The first-order chi connectivity index (χ1) is 10.5. The van der Waals surface area contributed by atoms with Crippen molar-refractivity contribution in [2.45, 2.75) is 6.92 Å². The van der Waals surface area contributed by atoms with Gasteiger partial charge in [-0.05, 0) is 43.3 Å². The smallest absolute Gasteiger partial charge is 0.243 e. The van der Waals surface area contributed by atoms with Crippen LogP contribution < -0.4 is 10.6 Å². The number of Topliss-reactive ketones (excluding diaryl/α,β-unsaturated/α-hetero) is 1. The summed E-state index contributed by atoms with van der Waals surface area (Å²) >= 11 is 11.9. The van der Waals surface area contributed by atoms with Crippen molar-refractivity contribution in [3.05, 3.63) is 58.1 Å². The lowest BCUT2D eigenvalue weighted by Gasteiger charge is -2.10. The molecule has 0 saturated heterocycles. The maximum absolute atomic E-state index is 11.9. The van der Waals surface area contributed by atoms with Gasteiger partial charge in [0.1, 0.15) is 0 Å². The quantitative estimate of drug-likeness (QED) is 0.802. The molecule has 0 unspecified atom stereocenters. The van der Waals surface area contributed by atoms with E-state index in [1.165, 1.54) is 6.92 Å². The van der Waals surface area contributed by atoms with Crippen molar-refractivity contribution in [2.24, 2.45) is 0 Å². The van der Waals surface area contributed by atoms with Gasteiger partial charge < -0.3 is 10.6 Å². The molecule has 0 aromatic heterocycles. The van der Waals surface area contributed by atoms with E-state index in [9.17, 15) is 9.59 Å². The monoisotopic (exact) mass is 336 g/mol. The Labute approximate surface area is 138 Å². The van der Waals surface area contributed by atoms with Crippen LogP contribution in [0.2, 0.25) is 10.0 Å². The van der Waals surface area contributed by atoms with Gasteiger partial charge >= 0.3 is 0 Å². The third-order valence-electron chi connectivity index (χ3n) is 2.97. The van der Waals surface area contributed by atoms with Crippen LogP contribution in [0.15, 0.2) is 42.5 Å². The van der Waals surface area contributed by atoms with Crippen LogP contribution in [-0.2, 0) is 4.79 Å². The fourth-order valence-electron chi connectivity index (χ4n) is 1.80. The molecule has 0 aliphatic heterocycles. The molecule has 0 bridgehead atoms. The summed E-state index contributed by atoms with van der Waals surface area (Å²) in [6.07, 6.45) is 0. The maximum atomic E-state index is 11.9. The highest BCUT2D eigenvalue weighted by atomic mass is 35.5. The molecule has 2 rings (SSSR count). The summed E-state index contributed by atoms with van der Waals surface area (Å²) < 4.78 is 0. The molecule has 114 valence electrons. The summed E-state index contributed by atoms with van der Waals surface area (Å²) in [5.41, 5.74) is 1.84. The Morgan fingerprint density at radius 1 is 1.05 bits per heavy atom. The van der Waals surface area contributed by atoms with Crippen molar-refractivity contribution in [1.29, 1.82) is 0 Å². The normalized spacial score (nSPS) is 10.1. The molecular weight excluding hydrogens is 323 g/mol. The number of carbonyl (C=O) groups is 2. The third-order valence-corrected chi connectivity index (χ3v) is 3.79. The molecule has 0 aliphatic carbocycles. The van der Waals surface area contributed by atoms with E-state index in [1.54, 1.807) is 42.5 Å². The first-order valence-corrected chi connectivity index (χ1v) is 7.31. The van der Waals surface area contributed by atoms with Gasteiger partial charge in [-0.1, -0.05) is 29.3 Å². The minimum Gasteiger partial charge on any atom is -0.376 e. The average molecular weight is 337 g/mol. The molecule has 6 heteroatoms. The number of amides is 1. The van der Waals surface area contributed by atoms with Gasteiger partial charge in [0.25, 0.3) is 0 Å². The van der Waals surface area contributed by atoms with E-state index < -0.39 is 0 Å². The molecule has 0 saturated carbocycles. The molecular formula is C16H14Cl2N2O2. The molecule has 0 atom stereocenters. The SMILES string of the molecule is CC(=O)c1ccc(NCC(=O)Nc2cccc(Cl)c2Cl)cc1. The summed E-state index contributed by atoms with van der Waals surface area (Å²) in [6, 6.07) is 11.9. The summed E-state index contributed by atoms with van der Waals surface area (Å²) in [6.45, 7) is 1.58. The lowest BCUT2D eigenvalue weighted by Crippen LogP contribution is -2.21. The summed E-state index contributed by atoms with van der Waals surface area (Å²) in [5.74, 6) is -0.250. The van der Waals surface area contributed by atoms with Crippen molar-refractivity contribution in [3.8, 4) is 0 Å². The van der Waals surface area contributed by atoms with E-state index in [-0.39, 0.29) is 18.2 Å². The van der Waals surface area contributed by atoms with Gasteiger partial charge in [0.15, 0.2) is 5.78 Å². The number of carbonyl (C=O) groups excluding carboxylic acids is 2. The Bertz CT molecular complexity index is 700. The Kier molecular flexibility index (Phi) is 5.41. The predicted molar refractivity (Wildman–Crippen MR) is 90.0 cm³/mol. The molecule has 2 N–H and O–H groups in total. The molecule has 0 heterocycles. The largest absolute Gasteiger partial charge is 0.376 e. The zero-order valence-electron chi connectivity index (χ0n) is 11.8. The minimum absolute atomic E-state index is 0.000101. The first kappa shape index (κ1) is 16.3. The van der Waals surface area contributed by atoms with Gasteiger partial charge in [0, 0.05) is 11.3 Å². The van der Waals surface area contributed by atoms with Gasteiger partial charge in [-0.25, -0.2) is 0 Å². The first-order valence-electron chi connectivity index (χ1n) is 6.56. The molecule has 0 fully saturated rings. The highest BCUT2D eigenvalue weighted by Gasteiger charge is 2.08. The lowest BCUT2D eigenvalue weighted by molar-refractivity contribution is -0.114. The van der Waals surface area contributed by atoms with Crippen LogP contribution in [0.1, 0.15) is 17.3 Å². The van der Waals surface area contributed by atoms with Crippen LogP contribution in [0.3, 0.4) is 0 Å². The van der Waals surface area contributed by atoms with Crippen LogP contribution in [0.4, 0.5) is 11.4 Å². The number of anilines is 2. The van der Waals surface area contributed by atoms with Crippen molar-refractivity contribution in [3.63, 3.8) is 0 Å². The summed E-state index contributed by atoms with van der Waals surface area (Å²) in [7, 11) is 0. The highest BCUT2D eigenvalue weighted by molar-refractivity contribution is 6.44. The summed E-state index contributed by atoms with van der Waals surface area (Å²) in [4.78, 5) is 23.1. The van der Waals surface area contributed by atoms with Crippen LogP contribution in [0.25, 0.3) is 0 Å². The second kappa shape index (κ2) is 7.29. The lowest BCUT2D eigenvalue weighted by atomic mass is 10.1. The van der Waals surface area contributed by atoms with Crippen molar-refractivity contribution < 1.29 is 9.59 Å². The van der Waals surface area contributed by atoms with E-state index in [1.807, 2.05) is 0 Å². The maximum Gasteiger partial charge on any atom is 0.243 e. The van der Waals surface area contributed by atoms with E-state index >= 15 is 0 Å². The van der Waals surface area contributed by atoms with Crippen LogP contribution in [0.5, 0.6) is 0 Å². The summed E-state index contributed by atoms with van der Waals surface area (Å²) in [5, 5.41) is 6.33. The van der Waals surface area contributed by atoms with Crippen LogP contribution >= 0.6 is 23.2 Å². The fraction of sp³-hybridized carbons (Fsp3) is 0.125. The zero-order valence-corrected chi connectivity index (χ0v) is 13.3. The predicted octanol–water partition coefficient (Wildman–Crippen LogP) is 4.25. The van der Waals surface area contributed by atoms with Crippen molar-refractivity contribution in [1.82, 2.24) is 0 Å². The zero-order chi connectivity index (χ0) is 16.1. The Hall–Kier alpha value is -2.04. The third kappa shape index (κ3) is 4.23. The average Bonchev–Trinajstić information content (AvgIpc) is 2.50. The topological polar surface area (TPSA) is 58.2 Å². The Morgan fingerprint density at radius 3 is 2.36 bits per heavy atom. The minimum atomic E-state index is -0.250. The molecule has 4 nitrogen and oxygen atoms in total. The second-order valence-corrected chi connectivity index (χ2v) is 5.42.